The Morgan fingerprint density at radius 3 is 2.79 bits per heavy atom. The average molecular weight is 347 g/mol. The SMILES string of the molecule is CSCCC(=O)N1CC[C@@]2(C1)C(=O)N(CC(N)=O)c1ccccc12. The molecule has 2 aliphatic heterocycles. The quantitative estimate of drug-likeness (QED) is 0.852. The molecule has 6 nitrogen and oxygen atoms in total. The molecule has 2 heterocycles. The van der Waals surface area contributed by atoms with Crippen LogP contribution in [0, 0.1) is 0 Å². The van der Waals surface area contributed by atoms with Gasteiger partial charge in [0.1, 0.15) is 6.54 Å². The van der Waals surface area contributed by atoms with E-state index in [1.54, 1.807) is 16.7 Å². The van der Waals surface area contributed by atoms with E-state index in [0.29, 0.717) is 25.9 Å². The summed E-state index contributed by atoms with van der Waals surface area (Å²) < 4.78 is 0. The van der Waals surface area contributed by atoms with Crippen LogP contribution in [0.2, 0.25) is 0 Å². The van der Waals surface area contributed by atoms with E-state index in [4.69, 9.17) is 5.73 Å². The summed E-state index contributed by atoms with van der Waals surface area (Å²) in [4.78, 5) is 40.0. The lowest BCUT2D eigenvalue weighted by atomic mass is 9.81. The molecule has 1 spiro atoms. The molecule has 0 aliphatic carbocycles. The van der Waals surface area contributed by atoms with Crippen molar-refractivity contribution in [2.24, 2.45) is 5.73 Å². The summed E-state index contributed by atoms with van der Waals surface area (Å²) >= 11 is 1.63. The van der Waals surface area contributed by atoms with Crippen LogP contribution in [0.3, 0.4) is 0 Å². The van der Waals surface area contributed by atoms with Crippen molar-refractivity contribution in [1.82, 2.24) is 4.90 Å². The van der Waals surface area contributed by atoms with E-state index in [1.807, 2.05) is 30.5 Å². The Morgan fingerprint density at radius 1 is 1.33 bits per heavy atom. The molecule has 0 unspecified atom stereocenters. The van der Waals surface area contributed by atoms with Crippen LogP contribution in [0.1, 0.15) is 18.4 Å². The molecular formula is C17H21N3O3S. The molecule has 1 atom stereocenters. The average Bonchev–Trinajstić information content (AvgIpc) is 3.11. The van der Waals surface area contributed by atoms with Crippen LogP contribution in [-0.2, 0) is 19.8 Å². The molecule has 1 aromatic carbocycles. The van der Waals surface area contributed by atoms with E-state index in [2.05, 4.69) is 0 Å². The molecule has 24 heavy (non-hydrogen) atoms. The van der Waals surface area contributed by atoms with Crippen molar-refractivity contribution in [3.63, 3.8) is 0 Å². The van der Waals surface area contributed by atoms with Gasteiger partial charge in [-0.2, -0.15) is 11.8 Å². The first kappa shape index (κ1) is 16.8. The number of rotatable bonds is 5. The van der Waals surface area contributed by atoms with Gasteiger partial charge in [0.2, 0.25) is 17.7 Å². The monoisotopic (exact) mass is 347 g/mol. The van der Waals surface area contributed by atoms with E-state index in [0.717, 1.165) is 17.0 Å². The van der Waals surface area contributed by atoms with Crippen molar-refractivity contribution < 1.29 is 14.4 Å². The summed E-state index contributed by atoms with van der Waals surface area (Å²) in [6.45, 7) is 0.820. The number of carbonyl (C=O) groups excluding carboxylic acids is 3. The van der Waals surface area contributed by atoms with Crippen LogP contribution in [0.5, 0.6) is 0 Å². The Balaban J connectivity index is 1.90. The van der Waals surface area contributed by atoms with Crippen molar-refractivity contribution in [3.05, 3.63) is 29.8 Å². The number of nitrogens with two attached hydrogens (primary N) is 1. The highest BCUT2D eigenvalue weighted by molar-refractivity contribution is 7.98. The third kappa shape index (κ3) is 2.66. The molecule has 2 N–H and O–H groups in total. The number of nitrogens with zero attached hydrogens (tertiary/aromatic N) is 2. The minimum absolute atomic E-state index is 0.0832. The minimum atomic E-state index is -0.735. The molecule has 1 aromatic rings. The number of hydrogen-bond donors (Lipinski definition) is 1. The summed E-state index contributed by atoms with van der Waals surface area (Å²) in [5.41, 5.74) is 6.21. The van der Waals surface area contributed by atoms with Crippen molar-refractivity contribution in [1.29, 1.82) is 0 Å². The summed E-state index contributed by atoms with van der Waals surface area (Å²) in [5.74, 6) is 0.198. The first-order chi connectivity index (χ1) is 11.5. The maximum Gasteiger partial charge on any atom is 0.240 e. The number of hydrogen-bond acceptors (Lipinski definition) is 4. The van der Waals surface area contributed by atoms with Gasteiger partial charge in [-0.15, -0.1) is 0 Å². The number of anilines is 1. The largest absolute Gasteiger partial charge is 0.368 e. The molecule has 0 saturated carbocycles. The van der Waals surface area contributed by atoms with Crippen LogP contribution in [0.15, 0.2) is 24.3 Å². The molecule has 128 valence electrons. The lowest BCUT2D eigenvalue weighted by Crippen LogP contribution is -2.45. The summed E-state index contributed by atoms with van der Waals surface area (Å²) in [7, 11) is 0. The van der Waals surface area contributed by atoms with E-state index < -0.39 is 11.3 Å². The van der Waals surface area contributed by atoms with Crippen molar-refractivity contribution in [2.45, 2.75) is 18.3 Å². The van der Waals surface area contributed by atoms with Gasteiger partial charge in [-0.1, -0.05) is 18.2 Å². The molecule has 3 rings (SSSR count). The fourth-order valence-corrected chi connectivity index (χ4v) is 4.05. The Labute approximate surface area is 145 Å². The number of para-hydroxylation sites is 1. The number of benzene rings is 1. The van der Waals surface area contributed by atoms with Gasteiger partial charge >= 0.3 is 0 Å². The van der Waals surface area contributed by atoms with Crippen molar-refractivity contribution in [2.75, 3.05) is 36.5 Å². The van der Waals surface area contributed by atoms with Crippen LogP contribution < -0.4 is 10.6 Å². The number of likely N-dealkylation sites (tertiary alicyclic amines) is 1. The molecular weight excluding hydrogens is 326 g/mol. The predicted molar refractivity (Wildman–Crippen MR) is 93.9 cm³/mol. The molecule has 0 bridgehead atoms. The Bertz CT molecular complexity index is 693. The molecule has 2 aliphatic rings. The second kappa shape index (κ2) is 6.47. The maximum atomic E-state index is 13.1. The van der Waals surface area contributed by atoms with E-state index in [-0.39, 0.29) is 18.4 Å². The molecule has 1 saturated heterocycles. The topological polar surface area (TPSA) is 83.7 Å². The number of carbonyl (C=O) groups is 3. The van der Waals surface area contributed by atoms with Gasteiger partial charge in [0.15, 0.2) is 0 Å². The van der Waals surface area contributed by atoms with Gasteiger partial charge in [-0.3, -0.25) is 14.4 Å². The van der Waals surface area contributed by atoms with E-state index >= 15 is 0 Å². The lowest BCUT2D eigenvalue weighted by molar-refractivity contribution is -0.130. The highest BCUT2D eigenvalue weighted by Gasteiger charge is 2.55. The van der Waals surface area contributed by atoms with Crippen molar-refractivity contribution in [3.8, 4) is 0 Å². The number of primary amides is 1. The number of amides is 3. The fraction of sp³-hybridized carbons (Fsp3) is 0.471. The first-order valence-electron chi connectivity index (χ1n) is 7.96. The van der Waals surface area contributed by atoms with Crippen LogP contribution >= 0.6 is 11.8 Å². The Morgan fingerprint density at radius 2 is 2.08 bits per heavy atom. The zero-order chi connectivity index (χ0) is 17.3. The summed E-state index contributed by atoms with van der Waals surface area (Å²) in [6, 6.07) is 7.49. The minimum Gasteiger partial charge on any atom is -0.368 e. The van der Waals surface area contributed by atoms with Gasteiger partial charge in [0, 0.05) is 31.0 Å². The third-order valence-corrected chi connectivity index (χ3v) is 5.43. The van der Waals surface area contributed by atoms with E-state index in [1.165, 1.54) is 4.90 Å². The van der Waals surface area contributed by atoms with Crippen molar-refractivity contribution >= 4 is 35.2 Å². The second-order valence-corrected chi connectivity index (χ2v) is 7.25. The van der Waals surface area contributed by atoms with Crippen LogP contribution in [-0.4, -0.2) is 54.3 Å². The maximum absolute atomic E-state index is 13.1. The van der Waals surface area contributed by atoms with Gasteiger partial charge in [-0.05, 0) is 24.3 Å². The highest BCUT2D eigenvalue weighted by Crippen LogP contribution is 2.47. The highest BCUT2D eigenvalue weighted by atomic mass is 32.2. The Hall–Kier alpha value is -2.02. The van der Waals surface area contributed by atoms with Crippen LogP contribution in [0.25, 0.3) is 0 Å². The zero-order valence-electron chi connectivity index (χ0n) is 13.7. The zero-order valence-corrected chi connectivity index (χ0v) is 14.5. The molecule has 1 fully saturated rings. The van der Waals surface area contributed by atoms with Gasteiger partial charge in [0.05, 0.1) is 5.41 Å². The molecule has 3 amide bonds. The molecule has 0 aromatic heterocycles. The first-order valence-corrected chi connectivity index (χ1v) is 9.35. The standard InChI is InChI=1S/C17H21N3O3S/c1-24-9-6-15(22)19-8-7-17(11-19)12-4-2-3-5-13(12)20(16(17)23)10-14(18)21/h2-5H,6-11H2,1H3,(H2,18,21)/t17-/m0/s1. The smallest absolute Gasteiger partial charge is 0.240 e. The van der Waals surface area contributed by atoms with Gasteiger partial charge in [-0.25, -0.2) is 0 Å². The van der Waals surface area contributed by atoms with Gasteiger partial charge < -0.3 is 15.5 Å². The van der Waals surface area contributed by atoms with E-state index in [9.17, 15) is 14.4 Å². The fourth-order valence-electron chi connectivity index (χ4n) is 3.67. The lowest BCUT2D eigenvalue weighted by Gasteiger charge is -2.24. The molecule has 7 heteroatoms. The predicted octanol–water partition coefficient (Wildman–Crippen LogP) is 0.742. The summed E-state index contributed by atoms with van der Waals surface area (Å²) in [5, 5.41) is 0. The second-order valence-electron chi connectivity index (χ2n) is 6.26. The number of fused-ring (bicyclic) bond motifs is 2. The normalized spacial score (nSPS) is 22.3. The molecule has 0 radical (unpaired) electrons. The summed E-state index contributed by atoms with van der Waals surface area (Å²) in [6.07, 6.45) is 3.04. The van der Waals surface area contributed by atoms with Crippen LogP contribution in [0.4, 0.5) is 5.69 Å². The third-order valence-electron chi connectivity index (χ3n) is 4.82. The number of thioether (sulfide) groups is 1. The Kier molecular flexibility index (Phi) is 4.54. The van der Waals surface area contributed by atoms with Gasteiger partial charge in [0.25, 0.3) is 0 Å².